The molecule has 2 heterocycles. The largest absolute Gasteiger partial charge is 0.396 e. The fourth-order valence-electron chi connectivity index (χ4n) is 1.68. The van der Waals surface area contributed by atoms with Crippen LogP contribution in [0.15, 0.2) is 16.7 Å². The van der Waals surface area contributed by atoms with Gasteiger partial charge in [0.15, 0.2) is 0 Å². The molecule has 1 amide bonds. The minimum absolute atomic E-state index is 0.0404. The molecule has 1 aromatic rings. The Morgan fingerprint density at radius 3 is 3.00 bits per heavy atom. The monoisotopic (exact) mass is 288 g/mol. The zero-order chi connectivity index (χ0) is 11.7. The summed E-state index contributed by atoms with van der Waals surface area (Å²) in [4.78, 5) is 17.0. The van der Waals surface area contributed by atoms with Crippen LogP contribution in [-0.4, -0.2) is 29.1 Å². The molecule has 4 nitrogen and oxygen atoms in total. The summed E-state index contributed by atoms with van der Waals surface area (Å²) < 4.78 is 13.5. The van der Waals surface area contributed by atoms with Gasteiger partial charge in [0.2, 0.25) is 5.91 Å². The summed E-state index contributed by atoms with van der Waals surface area (Å²) >= 11 is 3.00. The molecule has 1 fully saturated rings. The zero-order valence-electron chi connectivity index (χ0n) is 8.36. The van der Waals surface area contributed by atoms with Crippen LogP contribution in [-0.2, 0) is 4.79 Å². The molecular formula is C10H10BrFN2O2. The number of hydrogen-bond donors (Lipinski definition) is 1. The molecule has 0 bridgehead atoms. The molecule has 0 aliphatic carbocycles. The Labute approximate surface area is 100 Å². The third-order valence-electron chi connectivity index (χ3n) is 2.53. The quantitative estimate of drug-likeness (QED) is 0.893. The summed E-state index contributed by atoms with van der Waals surface area (Å²) in [5, 5.41) is 8.97. The third kappa shape index (κ3) is 2.08. The summed E-state index contributed by atoms with van der Waals surface area (Å²) in [6.07, 6.45) is 1.61. The van der Waals surface area contributed by atoms with Crippen LogP contribution in [0.25, 0.3) is 0 Å². The average molecular weight is 289 g/mol. The van der Waals surface area contributed by atoms with Gasteiger partial charge in [-0.2, -0.15) is 0 Å². The second-order valence-electron chi connectivity index (χ2n) is 3.71. The number of aliphatic hydroxyl groups excluding tert-OH is 1. The van der Waals surface area contributed by atoms with Crippen LogP contribution < -0.4 is 4.90 Å². The maximum Gasteiger partial charge on any atom is 0.228 e. The number of anilines is 1. The number of pyridine rings is 1. The van der Waals surface area contributed by atoms with Crippen molar-refractivity contribution in [2.24, 2.45) is 5.92 Å². The van der Waals surface area contributed by atoms with Crippen molar-refractivity contribution in [1.82, 2.24) is 4.98 Å². The second-order valence-corrected chi connectivity index (χ2v) is 4.57. The predicted octanol–water partition coefficient (Wildman–Crippen LogP) is 1.33. The Morgan fingerprint density at radius 2 is 2.44 bits per heavy atom. The van der Waals surface area contributed by atoms with Gasteiger partial charge >= 0.3 is 0 Å². The van der Waals surface area contributed by atoms with E-state index in [1.807, 2.05) is 0 Å². The first-order valence-corrected chi connectivity index (χ1v) is 5.63. The van der Waals surface area contributed by atoms with E-state index >= 15 is 0 Å². The highest BCUT2D eigenvalue weighted by Gasteiger charge is 2.31. The van der Waals surface area contributed by atoms with E-state index in [9.17, 15) is 9.18 Å². The van der Waals surface area contributed by atoms with E-state index in [1.165, 1.54) is 17.2 Å². The maximum atomic E-state index is 13.3. The highest BCUT2D eigenvalue weighted by molar-refractivity contribution is 9.10. The first-order valence-electron chi connectivity index (χ1n) is 4.84. The minimum atomic E-state index is -0.453. The van der Waals surface area contributed by atoms with Crippen LogP contribution in [0.4, 0.5) is 10.2 Å². The van der Waals surface area contributed by atoms with E-state index in [2.05, 4.69) is 20.9 Å². The number of aromatic nitrogens is 1. The molecule has 1 saturated heterocycles. The van der Waals surface area contributed by atoms with E-state index < -0.39 is 5.82 Å². The van der Waals surface area contributed by atoms with E-state index in [-0.39, 0.29) is 29.3 Å². The number of carbonyl (C=O) groups excluding carboxylic acids is 1. The van der Waals surface area contributed by atoms with Crippen molar-refractivity contribution in [2.45, 2.75) is 6.42 Å². The number of rotatable bonds is 2. The fraction of sp³-hybridized carbons (Fsp3) is 0.400. The molecule has 1 aliphatic heterocycles. The Kier molecular flexibility index (Phi) is 3.20. The normalized spacial score (nSPS) is 20.6. The van der Waals surface area contributed by atoms with E-state index in [1.54, 1.807) is 0 Å². The summed E-state index contributed by atoms with van der Waals surface area (Å²) in [6, 6.07) is 1.21. The van der Waals surface area contributed by atoms with Crippen LogP contribution in [0.5, 0.6) is 0 Å². The summed E-state index contributed by atoms with van der Waals surface area (Å²) in [5.41, 5.74) is 0. The lowest BCUT2D eigenvalue weighted by Crippen LogP contribution is -2.26. The van der Waals surface area contributed by atoms with Crippen molar-refractivity contribution >= 4 is 27.7 Å². The van der Waals surface area contributed by atoms with Crippen molar-refractivity contribution in [1.29, 1.82) is 0 Å². The van der Waals surface area contributed by atoms with Crippen LogP contribution in [0, 0.1) is 11.7 Å². The highest BCUT2D eigenvalue weighted by Crippen LogP contribution is 2.25. The van der Waals surface area contributed by atoms with Crippen LogP contribution in [0.1, 0.15) is 6.42 Å². The topological polar surface area (TPSA) is 53.4 Å². The van der Waals surface area contributed by atoms with Gasteiger partial charge in [-0.1, -0.05) is 0 Å². The van der Waals surface area contributed by atoms with Crippen LogP contribution in [0.2, 0.25) is 0 Å². The molecule has 1 unspecified atom stereocenters. The van der Waals surface area contributed by atoms with Crippen molar-refractivity contribution in [3.05, 3.63) is 22.6 Å². The molecule has 0 radical (unpaired) electrons. The van der Waals surface area contributed by atoms with E-state index in [0.29, 0.717) is 12.4 Å². The van der Waals surface area contributed by atoms with E-state index in [0.717, 1.165) is 0 Å². The van der Waals surface area contributed by atoms with Crippen molar-refractivity contribution in [2.75, 3.05) is 18.1 Å². The Balaban J connectivity index is 2.24. The van der Waals surface area contributed by atoms with E-state index in [4.69, 9.17) is 5.11 Å². The average Bonchev–Trinajstić information content (AvgIpc) is 2.64. The SMILES string of the molecule is O=C1CC(CO)CN1c1cc(F)c(Br)cn1. The summed E-state index contributed by atoms with van der Waals surface area (Å²) in [7, 11) is 0. The zero-order valence-corrected chi connectivity index (χ0v) is 9.95. The molecular weight excluding hydrogens is 279 g/mol. The second kappa shape index (κ2) is 4.47. The number of carbonyl (C=O) groups is 1. The summed E-state index contributed by atoms with van der Waals surface area (Å²) in [5.74, 6) is -0.374. The van der Waals surface area contributed by atoms with Crippen molar-refractivity contribution < 1.29 is 14.3 Å². The number of halogens is 2. The van der Waals surface area contributed by atoms with Gasteiger partial charge < -0.3 is 5.11 Å². The van der Waals surface area contributed by atoms with Crippen molar-refractivity contribution in [3.63, 3.8) is 0 Å². The molecule has 1 atom stereocenters. The lowest BCUT2D eigenvalue weighted by Gasteiger charge is -2.15. The van der Waals surface area contributed by atoms with Gasteiger partial charge in [-0.3, -0.25) is 9.69 Å². The third-order valence-corrected chi connectivity index (χ3v) is 3.12. The fourth-order valence-corrected chi connectivity index (χ4v) is 1.89. The molecule has 16 heavy (non-hydrogen) atoms. The van der Waals surface area contributed by atoms with Gasteiger partial charge in [-0.25, -0.2) is 9.37 Å². The first-order chi connectivity index (χ1) is 7.61. The lowest BCUT2D eigenvalue weighted by atomic mass is 10.1. The standard InChI is InChI=1S/C10H10BrFN2O2/c11-7-3-13-9(2-8(7)12)14-4-6(5-15)1-10(14)16/h2-3,6,15H,1,4-5H2. The number of amides is 1. The molecule has 0 aromatic carbocycles. The maximum absolute atomic E-state index is 13.3. The number of hydrogen-bond acceptors (Lipinski definition) is 3. The van der Waals surface area contributed by atoms with Gasteiger partial charge in [-0.05, 0) is 15.9 Å². The number of nitrogens with zero attached hydrogens (tertiary/aromatic N) is 2. The Hall–Kier alpha value is -1.01. The molecule has 1 aromatic heterocycles. The Bertz CT molecular complexity index is 427. The molecule has 2 rings (SSSR count). The molecule has 0 spiro atoms. The molecule has 0 saturated carbocycles. The molecule has 6 heteroatoms. The lowest BCUT2D eigenvalue weighted by molar-refractivity contribution is -0.117. The van der Waals surface area contributed by atoms with Crippen molar-refractivity contribution in [3.8, 4) is 0 Å². The minimum Gasteiger partial charge on any atom is -0.396 e. The molecule has 1 aliphatic rings. The predicted molar refractivity (Wildman–Crippen MR) is 59.4 cm³/mol. The summed E-state index contributed by atoms with van der Waals surface area (Å²) in [6.45, 7) is 0.352. The number of aliphatic hydroxyl groups is 1. The molecule has 1 N–H and O–H groups in total. The van der Waals surface area contributed by atoms with Gasteiger partial charge in [0, 0.05) is 37.8 Å². The Morgan fingerprint density at radius 1 is 1.69 bits per heavy atom. The van der Waals surface area contributed by atoms with Crippen LogP contribution in [0.3, 0.4) is 0 Å². The highest BCUT2D eigenvalue weighted by atomic mass is 79.9. The van der Waals surface area contributed by atoms with Gasteiger partial charge in [-0.15, -0.1) is 0 Å². The van der Waals surface area contributed by atoms with Gasteiger partial charge in [0.1, 0.15) is 11.6 Å². The van der Waals surface area contributed by atoms with Crippen LogP contribution >= 0.6 is 15.9 Å². The molecule has 86 valence electrons. The first kappa shape index (κ1) is 11.5. The van der Waals surface area contributed by atoms with Gasteiger partial charge in [0.25, 0.3) is 0 Å². The van der Waals surface area contributed by atoms with Gasteiger partial charge in [0.05, 0.1) is 4.47 Å². The smallest absolute Gasteiger partial charge is 0.228 e.